The molecule has 1 aliphatic carbocycles. The Morgan fingerprint density at radius 2 is 1.80 bits per heavy atom. The van der Waals surface area contributed by atoms with Gasteiger partial charge >= 0.3 is 5.97 Å². The van der Waals surface area contributed by atoms with Crippen LogP contribution in [-0.2, 0) is 17.6 Å². The number of thiophene rings is 1. The van der Waals surface area contributed by atoms with E-state index in [1.807, 2.05) is 12.1 Å². The topological polar surface area (TPSA) is 44.8 Å². The van der Waals surface area contributed by atoms with Gasteiger partial charge in [-0.2, -0.15) is 0 Å². The molecule has 1 N–H and O–H groups in total. The first-order valence-electron chi connectivity index (χ1n) is 10.4. The summed E-state index contributed by atoms with van der Waals surface area (Å²) in [4.78, 5) is 18.1. The molecule has 1 fully saturated rings. The third-order valence-corrected chi connectivity index (χ3v) is 7.36. The smallest absolute Gasteiger partial charge is 0.341 e. The van der Waals surface area contributed by atoms with E-state index in [0.29, 0.717) is 10.7 Å². The number of carbonyl (C=O) groups is 1. The Bertz CT molecular complexity index is 921. The number of nitrogens with zero attached hydrogens (tertiary/aromatic N) is 2. The van der Waals surface area contributed by atoms with E-state index in [2.05, 4.69) is 15.1 Å². The molecule has 0 bridgehead atoms. The molecule has 2 aliphatic rings. The van der Waals surface area contributed by atoms with Crippen LogP contribution in [0, 0.1) is 5.82 Å². The molecule has 30 heavy (non-hydrogen) atoms. The Morgan fingerprint density at radius 1 is 1.10 bits per heavy atom. The largest absolute Gasteiger partial charge is 0.465 e. The van der Waals surface area contributed by atoms with Gasteiger partial charge in [0.1, 0.15) is 10.8 Å². The van der Waals surface area contributed by atoms with Crippen LogP contribution in [-0.4, -0.2) is 49.3 Å². The molecule has 2 heterocycles. The van der Waals surface area contributed by atoms with Crippen molar-refractivity contribution in [2.45, 2.75) is 32.1 Å². The minimum absolute atomic E-state index is 0.224. The number of aryl methyl sites for hydroxylation is 1. The second-order valence-electron chi connectivity index (χ2n) is 7.64. The second kappa shape index (κ2) is 9.31. The maximum absolute atomic E-state index is 13.2. The summed E-state index contributed by atoms with van der Waals surface area (Å²) in [6.45, 7) is 3.14. The number of nitrogens with one attached hydrogen (secondary N) is 1. The van der Waals surface area contributed by atoms with Crippen LogP contribution in [0.4, 0.5) is 15.1 Å². The monoisotopic (exact) mass is 447 g/mol. The normalized spacial score (nSPS) is 16.6. The van der Waals surface area contributed by atoms with Crippen molar-refractivity contribution in [2.75, 3.05) is 43.5 Å². The maximum Gasteiger partial charge on any atom is 0.341 e. The summed E-state index contributed by atoms with van der Waals surface area (Å²) in [5.74, 6) is -0.514. The molecule has 1 aliphatic heterocycles. The Labute approximate surface area is 185 Å². The molecule has 0 atom stereocenters. The Hall–Kier alpha value is -2.19. The number of thiocarbonyl (C=S) groups is 1. The zero-order valence-electron chi connectivity index (χ0n) is 17.1. The molecule has 1 saturated heterocycles. The summed E-state index contributed by atoms with van der Waals surface area (Å²) in [6, 6.07) is 6.60. The summed E-state index contributed by atoms with van der Waals surface area (Å²) in [7, 11) is 1.43. The standard InChI is InChI=1S/C22H26FN3O2S2/c1-28-21(27)19-17-5-3-2-4-6-18(17)30-20(19)24-22(29)26-13-11-25(12-14-26)16-9-7-15(23)8-10-16/h7-10H,2-6,11-14H2,1H3,(H,24,29). The van der Waals surface area contributed by atoms with Gasteiger partial charge in [-0.1, -0.05) is 6.42 Å². The van der Waals surface area contributed by atoms with E-state index in [9.17, 15) is 9.18 Å². The number of hydrogen-bond acceptors (Lipinski definition) is 5. The highest BCUT2D eigenvalue weighted by molar-refractivity contribution is 7.80. The quantitative estimate of drug-likeness (QED) is 0.426. The van der Waals surface area contributed by atoms with Crippen molar-refractivity contribution in [3.05, 3.63) is 46.1 Å². The molecule has 5 nitrogen and oxygen atoms in total. The summed E-state index contributed by atoms with van der Waals surface area (Å²) >= 11 is 7.32. The molecule has 1 aromatic carbocycles. The number of piperazine rings is 1. The van der Waals surface area contributed by atoms with Crippen LogP contribution in [0.1, 0.15) is 40.1 Å². The van der Waals surface area contributed by atoms with Crippen LogP contribution in [0.25, 0.3) is 0 Å². The predicted octanol–water partition coefficient (Wildman–Crippen LogP) is 4.46. The van der Waals surface area contributed by atoms with Gasteiger partial charge in [-0.25, -0.2) is 9.18 Å². The highest BCUT2D eigenvalue weighted by Gasteiger charge is 2.27. The number of fused-ring (bicyclic) bond motifs is 1. The van der Waals surface area contributed by atoms with Crippen LogP contribution < -0.4 is 10.2 Å². The average Bonchev–Trinajstić information content (AvgIpc) is 2.94. The first-order valence-corrected chi connectivity index (χ1v) is 11.6. The van der Waals surface area contributed by atoms with E-state index >= 15 is 0 Å². The number of rotatable bonds is 3. The summed E-state index contributed by atoms with van der Waals surface area (Å²) in [5.41, 5.74) is 2.81. The van der Waals surface area contributed by atoms with Crippen molar-refractivity contribution in [2.24, 2.45) is 0 Å². The van der Waals surface area contributed by atoms with Crippen LogP contribution in [0.2, 0.25) is 0 Å². The molecule has 0 amide bonds. The maximum atomic E-state index is 13.2. The van der Waals surface area contributed by atoms with Gasteiger partial charge in [0.25, 0.3) is 0 Å². The minimum atomic E-state index is -0.291. The summed E-state index contributed by atoms with van der Waals surface area (Å²) in [6.07, 6.45) is 5.38. The average molecular weight is 448 g/mol. The highest BCUT2D eigenvalue weighted by atomic mass is 32.1. The van der Waals surface area contributed by atoms with Gasteiger partial charge in [0.05, 0.1) is 12.7 Å². The molecule has 8 heteroatoms. The van der Waals surface area contributed by atoms with Gasteiger partial charge < -0.3 is 19.9 Å². The number of hydrogen-bond donors (Lipinski definition) is 1. The Balaban J connectivity index is 1.44. The molecule has 4 rings (SSSR count). The van der Waals surface area contributed by atoms with E-state index in [1.165, 1.54) is 30.5 Å². The Morgan fingerprint density at radius 3 is 2.50 bits per heavy atom. The SMILES string of the molecule is COC(=O)c1c(NC(=S)N2CCN(c3ccc(F)cc3)CC2)sc2c1CCCCC2. The van der Waals surface area contributed by atoms with Crippen molar-refractivity contribution in [1.82, 2.24) is 4.90 Å². The molecule has 0 radical (unpaired) electrons. The van der Waals surface area contributed by atoms with Crippen molar-refractivity contribution in [3.8, 4) is 0 Å². The Kier molecular flexibility index (Phi) is 6.53. The molecular weight excluding hydrogens is 421 g/mol. The van der Waals surface area contributed by atoms with Gasteiger partial charge in [0, 0.05) is 36.7 Å². The van der Waals surface area contributed by atoms with Gasteiger partial charge in [-0.15, -0.1) is 11.3 Å². The zero-order chi connectivity index (χ0) is 21.1. The van der Waals surface area contributed by atoms with Gasteiger partial charge in [0.2, 0.25) is 0 Å². The van der Waals surface area contributed by atoms with E-state index in [-0.39, 0.29) is 11.8 Å². The van der Waals surface area contributed by atoms with E-state index in [4.69, 9.17) is 17.0 Å². The lowest BCUT2D eigenvalue weighted by atomic mass is 10.1. The number of halogens is 1. The lowest BCUT2D eigenvalue weighted by Crippen LogP contribution is -2.50. The van der Waals surface area contributed by atoms with Crippen LogP contribution in [0.5, 0.6) is 0 Å². The molecule has 0 unspecified atom stereocenters. The summed E-state index contributed by atoms with van der Waals surface area (Å²) in [5, 5.41) is 4.78. The molecular formula is C22H26FN3O2S2. The molecule has 2 aromatic rings. The molecule has 1 aromatic heterocycles. The highest BCUT2D eigenvalue weighted by Crippen LogP contribution is 2.38. The fourth-order valence-electron chi connectivity index (χ4n) is 4.14. The van der Waals surface area contributed by atoms with E-state index in [1.54, 1.807) is 11.3 Å². The summed E-state index contributed by atoms with van der Waals surface area (Å²) < 4.78 is 18.2. The van der Waals surface area contributed by atoms with E-state index < -0.39 is 0 Å². The van der Waals surface area contributed by atoms with Crippen LogP contribution >= 0.6 is 23.6 Å². The van der Waals surface area contributed by atoms with Crippen molar-refractivity contribution >= 4 is 45.3 Å². The number of methoxy groups -OCH3 is 1. The molecule has 160 valence electrons. The minimum Gasteiger partial charge on any atom is -0.465 e. The lowest BCUT2D eigenvalue weighted by molar-refractivity contribution is 0.0601. The molecule has 0 spiro atoms. The third-order valence-electron chi connectivity index (χ3n) is 5.79. The van der Waals surface area contributed by atoms with Gasteiger partial charge in [-0.3, -0.25) is 0 Å². The number of anilines is 2. The van der Waals surface area contributed by atoms with Gasteiger partial charge in [-0.05, 0) is 67.7 Å². The first kappa shape index (κ1) is 21.1. The van der Waals surface area contributed by atoms with Gasteiger partial charge in [0.15, 0.2) is 5.11 Å². The van der Waals surface area contributed by atoms with Crippen molar-refractivity contribution in [1.29, 1.82) is 0 Å². The first-order chi connectivity index (χ1) is 14.6. The number of benzene rings is 1. The van der Waals surface area contributed by atoms with Crippen LogP contribution in [0.3, 0.4) is 0 Å². The van der Waals surface area contributed by atoms with Crippen molar-refractivity contribution in [3.63, 3.8) is 0 Å². The fraction of sp³-hybridized carbons (Fsp3) is 0.455. The zero-order valence-corrected chi connectivity index (χ0v) is 18.7. The number of carbonyl (C=O) groups excluding carboxylic acids is 1. The second-order valence-corrected chi connectivity index (χ2v) is 9.13. The third kappa shape index (κ3) is 4.44. The van der Waals surface area contributed by atoms with Crippen molar-refractivity contribution < 1.29 is 13.9 Å². The van der Waals surface area contributed by atoms with E-state index in [0.717, 1.165) is 68.1 Å². The number of esters is 1. The predicted molar refractivity (Wildman–Crippen MR) is 123 cm³/mol. The fourth-order valence-corrected chi connectivity index (χ4v) is 5.77. The van der Waals surface area contributed by atoms with Crippen LogP contribution in [0.15, 0.2) is 24.3 Å². The lowest BCUT2D eigenvalue weighted by Gasteiger charge is -2.37. The number of ether oxygens (including phenoxy) is 1. The molecule has 0 saturated carbocycles.